The third-order valence-electron chi connectivity index (χ3n) is 2.25. The van der Waals surface area contributed by atoms with Crippen molar-refractivity contribution in [1.82, 2.24) is 0 Å². The van der Waals surface area contributed by atoms with Gasteiger partial charge in [-0.25, -0.2) is 0 Å². The Bertz CT molecular complexity index is 403. The molecule has 1 aliphatic heterocycles. The molecule has 1 unspecified atom stereocenters. The van der Waals surface area contributed by atoms with Crippen molar-refractivity contribution in [2.75, 3.05) is 6.61 Å². The van der Waals surface area contributed by atoms with Gasteiger partial charge in [-0.2, -0.15) is 0 Å². The number of rotatable bonds is 1. The van der Waals surface area contributed by atoms with E-state index in [2.05, 4.69) is 0 Å². The molecule has 2 rings (SSSR count). The summed E-state index contributed by atoms with van der Waals surface area (Å²) in [5.74, 6) is 0.327. The highest BCUT2D eigenvalue weighted by atomic mass is 16.6. The van der Waals surface area contributed by atoms with Crippen LogP contribution in [0.15, 0.2) is 12.1 Å². The summed E-state index contributed by atoms with van der Waals surface area (Å²) in [6.07, 6.45) is 0. The number of fused-ring (bicyclic) bond motifs is 1. The Kier molecular flexibility index (Phi) is 1.89. The van der Waals surface area contributed by atoms with Crippen LogP contribution in [0.4, 0.5) is 5.69 Å². The molecular formula is C9H10N2O3. The minimum absolute atomic E-state index is 0.00736. The first-order valence-electron chi connectivity index (χ1n) is 4.27. The Labute approximate surface area is 80.6 Å². The number of hydrogen-bond donors (Lipinski definition) is 1. The van der Waals surface area contributed by atoms with Gasteiger partial charge in [-0.1, -0.05) is 6.07 Å². The number of ether oxygens (including phenoxy) is 1. The maximum Gasteiger partial charge on any atom is 0.311 e. The van der Waals surface area contributed by atoms with E-state index in [0.29, 0.717) is 12.4 Å². The smallest absolute Gasteiger partial charge is 0.311 e. The molecule has 14 heavy (non-hydrogen) atoms. The SMILES string of the molecule is Cc1cc2c(c([N+](=O)[O-])c1)OCC2N. The molecule has 74 valence electrons. The van der Waals surface area contributed by atoms with Gasteiger partial charge in [0, 0.05) is 11.6 Å². The van der Waals surface area contributed by atoms with Crippen molar-refractivity contribution in [2.45, 2.75) is 13.0 Å². The summed E-state index contributed by atoms with van der Waals surface area (Å²) in [7, 11) is 0. The monoisotopic (exact) mass is 194 g/mol. The molecular weight excluding hydrogens is 184 g/mol. The van der Waals surface area contributed by atoms with E-state index in [0.717, 1.165) is 11.1 Å². The number of nitrogens with zero attached hydrogens (tertiary/aromatic N) is 1. The average molecular weight is 194 g/mol. The molecule has 0 saturated heterocycles. The number of hydrogen-bond acceptors (Lipinski definition) is 4. The Morgan fingerprint density at radius 1 is 1.64 bits per heavy atom. The fraction of sp³-hybridized carbons (Fsp3) is 0.333. The largest absolute Gasteiger partial charge is 0.485 e. The minimum Gasteiger partial charge on any atom is -0.485 e. The Hall–Kier alpha value is -1.62. The maximum atomic E-state index is 10.7. The van der Waals surface area contributed by atoms with Gasteiger partial charge in [0.15, 0.2) is 0 Å². The molecule has 1 heterocycles. The van der Waals surface area contributed by atoms with Gasteiger partial charge in [-0.3, -0.25) is 10.1 Å². The predicted octanol–water partition coefficient (Wildman–Crippen LogP) is 1.30. The van der Waals surface area contributed by atoms with Crippen LogP contribution in [0.1, 0.15) is 17.2 Å². The van der Waals surface area contributed by atoms with Gasteiger partial charge in [0.2, 0.25) is 5.75 Å². The van der Waals surface area contributed by atoms with Gasteiger partial charge in [0.05, 0.1) is 11.0 Å². The first-order valence-corrected chi connectivity index (χ1v) is 4.27. The Balaban J connectivity index is 2.63. The molecule has 0 saturated carbocycles. The lowest BCUT2D eigenvalue weighted by atomic mass is 10.1. The van der Waals surface area contributed by atoms with Gasteiger partial charge >= 0.3 is 5.69 Å². The molecule has 5 heteroatoms. The standard InChI is InChI=1S/C9H10N2O3/c1-5-2-6-7(10)4-14-9(6)8(3-5)11(12)13/h2-3,7H,4,10H2,1H3. The van der Waals surface area contributed by atoms with Gasteiger partial charge in [-0.05, 0) is 12.5 Å². The van der Waals surface area contributed by atoms with Crippen LogP contribution in [0.5, 0.6) is 5.75 Å². The van der Waals surface area contributed by atoms with Gasteiger partial charge < -0.3 is 10.5 Å². The van der Waals surface area contributed by atoms with Crippen molar-refractivity contribution in [3.63, 3.8) is 0 Å². The second-order valence-electron chi connectivity index (χ2n) is 3.38. The third-order valence-corrected chi connectivity index (χ3v) is 2.25. The molecule has 1 aromatic rings. The maximum absolute atomic E-state index is 10.7. The van der Waals surface area contributed by atoms with Crippen molar-refractivity contribution in [2.24, 2.45) is 5.73 Å². The van der Waals surface area contributed by atoms with Crippen LogP contribution in [-0.2, 0) is 0 Å². The predicted molar refractivity (Wildman–Crippen MR) is 50.3 cm³/mol. The molecule has 0 spiro atoms. The van der Waals surface area contributed by atoms with Crippen LogP contribution in [0.25, 0.3) is 0 Å². The third kappa shape index (κ3) is 1.22. The fourth-order valence-corrected chi connectivity index (χ4v) is 1.61. The van der Waals surface area contributed by atoms with Crippen molar-refractivity contribution in [3.8, 4) is 5.75 Å². The zero-order valence-corrected chi connectivity index (χ0v) is 7.69. The van der Waals surface area contributed by atoms with Crippen LogP contribution in [0, 0.1) is 17.0 Å². The first kappa shape index (κ1) is 8.96. The highest BCUT2D eigenvalue weighted by molar-refractivity contribution is 5.56. The van der Waals surface area contributed by atoms with Crippen molar-refractivity contribution < 1.29 is 9.66 Å². The number of aryl methyl sites for hydroxylation is 1. The molecule has 1 atom stereocenters. The highest BCUT2D eigenvalue weighted by Gasteiger charge is 2.29. The normalized spacial score (nSPS) is 18.9. The van der Waals surface area contributed by atoms with E-state index in [1.807, 2.05) is 6.07 Å². The van der Waals surface area contributed by atoms with E-state index >= 15 is 0 Å². The summed E-state index contributed by atoms with van der Waals surface area (Å²) in [5.41, 5.74) is 7.31. The lowest BCUT2D eigenvalue weighted by molar-refractivity contribution is -0.385. The van der Waals surface area contributed by atoms with Crippen LogP contribution in [-0.4, -0.2) is 11.5 Å². The number of nitro groups is 1. The average Bonchev–Trinajstić information content (AvgIpc) is 2.47. The van der Waals surface area contributed by atoms with E-state index < -0.39 is 4.92 Å². The summed E-state index contributed by atoms with van der Waals surface area (Å²) >= 11 is 0. The van der Waals surface area contributed by atoms with Crippen LogP contribution >= 0.6 is 0 Å². The fourth-order valence-electron chi connectivity index (χ4n) is 1.61. The van der Waals surface area contributed by atoms with Crippen molar-refractivity contribution >= 4 is 5.69 Å². The molecule has 5 nitrogen and oxygen atoms in total. The molecule has 2 N–H and O–H groups in total. The molecule has 0 bridgehead atoms. The van der Waals surface area contributed by atoms with E-state index in [1.54, 1.807) is 6.92 Å². The van der Waals surface area contributed by atoms with Gasteiger partial charge in [-0.15, -0.1) is 0 Å². The van der Waals surface area contributed by atoms with Crippen molar-refractivity contribution in [1.29, 1.82) is 0 Å². The van der Waals surface area contributed by atoms with E-state index in [-0.39, 0.29) is 11.7 Å². The molecule has 0 fully saturated rings. The zero-order valence-electron chi connectivity index (χ0n) is 7.69. The second kappa shape index (κ2) is 2.95. The van der Waals surface area contributed by atoms with Crippen LogP contribution in [0.2, 0.25) is 0 Å². The molecule has 0 aromatic heterocycles. The van der Waals surface area contributed by atoms with Crippen molar-refractivity contribution in [3.05, 3.63) is 33.4 Å². The summed E-state index contributed by atoms with van der Waals surface area (Å²) in [6, 6.07) is 3.08. The summed E-state index contributed by atoms with van der Waals surface area (Å²) in [6.45, 7) is 2.12. The second-order valence-corrected chi connectivity index (χ2v) is 3.38. The van der Waals surface area contributed by atoms with E-state index in [1.165, 1.54) is 6.07 Å². The quantitative estimate of drug-likeness (QED) is 0.539. The summed E-state index contributed by atoms with van der Waals surface area (Å²) < 4.78 is 5.19. The zero-order chi connectivity index (χ0) is 10.3. The molecule has 1 aliphatic rings. The van der Waals surface area contributed by atoms with Gasteiger partial charge in [0.1, 0.15) is 6.61 Å². The molecule has 0 amide bonds. The summed E-state index contributed by atoms with van der Waals surface area (Å²) in [5, 5.41) is 10.7. The number of benzene rings is 1. The summed E-state index contributed by atoms with van der Waals surface area (Å²) in [4.78, 5) is 10.3. The topological polar surface area (TPSA) is 78.4 Å². The number of nitro benzene ring substituents is 1. The molecule has 0 aliphatic carbocycles. The number of nitrogens with two attached hydrogens (primary N) is 1. The van der Waals surface area contributed by atoms with Crippen LogP contribution in [0.3, 0.4) is 0 Å². The Morgan fingerprint density at radius 3 is 3.00 bits per heavy atom. The van der Waals surface area contributed by atoms with E-state index in [4.69, 9.17) is 10.5 Å². The molecule has 1 aromatic carbocycles. The lowest BCUT2D eigenvalue weighted by Gasteiger charge is -2.02. The van der Waals surface area contributed by atoms with Gasteiger partial charge in [0.25, 0.3) is 0 Å². The Morgan fingerprint density at radius 2 is 2.36 bits per heavy atom. The van der Waals surface area contributed by atoms with Crippen LogP contribution < -0.4 is 10.5 Å². The lowest BCUT2D eigenvalue weighted by Crippen LogP contribution is -2.10. The van der Waals surface area contributed by atoms with E-state index in [9.17, 15) is 10.1 Å². The minimum atomic E-state index is -0.441. The first-order chi connectivity index (χ1) is 6.59. The highest BCUT2D eigenvalue weighted by Crippen LogP contribution is 2.39. The molecule has 0 radical (unpaired) electrons.